The van der Waals surface area contributed by atoms with Crippen LogP contribution in [0.25, 0.3) is 0 Å². The summed E-state index contributed by atoms with van der Waals surface area (Å²) in [5.41, 5.74) is 0. The van der Waals surface area contributed by atoms with Crippen molar-refractivity contribution in [2.45, 2.75) is 33.0 Å². The Morgan fingerprint density at radius 3 is 2.35 bits per heavy atom. The first-order chi connectivity index (χ1) is 8.11. The van der Waals surface area contributed by atoms with Crippen molar-refractivity contribution >= 4 is 5.91 Å². The molecule has 0 aromatic heterocycles. The van der Waals surface area contributed by atoms with Gasteiger partial charge in [0.15, 0.2) is 0 Å². The van der Waals surface area contributed by atoms with Gasteiger partial charge in [0, 0.05) is 26.2 Å². The molecule has 5 heteroatoms. The number of carbonyl (C=O) groups excluding carboxylic acids is 1. The third kappa shape index (κ3) is 5.48. The second-order valence-electron chi connectivity index (χ2n) is 4.51. The molecule has 1 aliphatic heterocycles. The third-order valence-corrected chi connectivity index (χ3v) is 2.68. The highest BCUT2D eigenvalue weighted by atomic mass is 16.5. The minimum atomic E-state index is -0.371. The number of rotatable bonds is 6. The van der Waals surface area contributed by atoms with Gasteiger partial charge in [-0.15, -0.1) is 0 Å². The normalized spacial score (nSPS) is 18.5. The number of nitrogens with one attached hydrogen (secondary N) is 1. The highest BCUT2D eigenvalue weighted by molar-refractivity contribution is 5.80. The molecule has 0 aromatic carbocycles. The standard InChI is InChI=1S/C12H24N2O3/c1-10(2)16-8-9-17-11(3)12(15)14-6-4-13-5-7-14/h10-11,13H,4-9H2,1-3H3. The highest BCUT2D eigenvalue weighted by Gasteiger charge is 2.22. The van der Waals surface area contributed by atoms with Crippen LogP contribution in [0, 0.1) is 0 Å². The van der Waals surface area contributed by atoms with E-state index in [9.17, 15) is 4.79 Å². The van der Waals surface area contributed by atoms with Crippen molar-refractivity contribution in [3.63, 3.8) is 0 Å². The zero-order chi connectivity index (χ0) is 12.7. The van der Waals surface area contributed by atoms with E-state index >= 15 is 0 Å². The molecule has 1 unspecified atom stereocenters. The predicted molar refractivity (Wildman–Crippen MR) is 66.0 cm³/mol. The second-order valence-corrected chi connectivity index (χ2v) is 4.51. The predicted octanol–water partition coefficient (Wildman–Crippen LogP) is 0.248. The second kappa shape index (κ2) is 7.63. The Labute approximate surface area is 103 Å². The van der Waals surface area contributed by atoms with Crippen molar-refractivity contribution in [2.24, 2.45) is 0 Å². The van der Waals surface area contributed by atoms with Gasteiger partial charge < -0.3 is 19.7 Å². The molecule has 17 heavy (non-hydrogen) atoms. The average molecular weight is 244 g/mol. The lowest BCUT2D eigenvalue weighted by atomic mass is 10.3. The average Bonchev–Trinajstić information content (AvgIpc) is 2.34. The Balaban J connectivity index is 2.17. The molecule has 1 rings (SSSR count). The Morgan fingerprint density at radius 1 is 1.18 bits per heavy atom. The van der Waals surface area contributed by atoms with E-state index in [1.165, 1.54) is 0 Å². The van der Waals surface area contributed by atoms with Crippen molar-refractivity contribution in [2.75, 3.05) is 39.4 Å². The first kappa shape index (κ1) is 14.4. The van der Waals surface area contributed by atoms with E-state index in [0.717, 1.165) is 26.2 Å². The monoisotopic (exact) mass is 244 g/mol. The van der Waals surface area contributed by atoms with Gasteiger partial charge >= 0.3 is 0 Å². The zero-order valence-corrected chi connectivity index (χ0v) is 11.1. The van der Waals surface area contributed by atoms with E-state index in [0.29, 0.717) is 13.2 Å². The first-order valence-corrected chi connectivity index (χ1v) is 6.34. The molecule has 1 amide bonds. The van der Waals surface area contributed by atoms with Gasteiger partial charge in [-0.25, -0.2) is 0 Å². The molecule has 1 atom stereocenters. The summed E-state index contributed by atoms with van der Waals surface area (Å²) in [5.74, 6) is 0.0797. The van der Waals surface area contributed by atoms with E-state index < -0.39 is 0 Å². The largest absolute Gasteiger partial charge is 0.376 e. The summed E-state index contributed by atoms with van der Waals surface area (Å²) in [5, 5.41) is 3.22. The van der Waals surface area contributed by atoms with Gasteiger partial charge in [-0.05, 0) is 20.8 Å². The number of hydrogen-bond donors (Lipinski definition) is 1. The van der Waals surface area contributed by atoms with Crippen LogP contribution in [0.4, 0.5) is 0 Å². The fourth-order valence-corrected chi connectivity index (χ4v) is 1.72. The Kier molecular flexibility index (Phi) is 6.47. The fourth-order valence-electron chi connectivity index (χ4n) is 1.72. The number of amides is 1. The van der Waals surface area contributed by atoms with Crippen molar-refractivity contribution in [1.82, 2.24) is 10.2 Å². The maximum Gasteiger partial charge on any atom is 0.251 e. The van der Waals surface area contributed by atoms with Crippen molar-refractivity contribution in [1.29, 1.82) is 0 Å². The molecule has 0 bridgehead atoms. The summed E-state index contributed by atoms with van der Waals surface area (Å²) in [6, 6.07) is 0. The number of carbonyl (C=O) groups is 1. The van der Waals surface area contributed by atoms with Gasteiger partial charge in [-0.3, -0.25) is 4.79 Å². The molecule has 1 fully saturated rings. The number of hydrogen-bond acceptors (Lipinski definition) is 4. The lowest BCUT2D eigenvalue weighted by Gasteiger charge is -2.29. The maximum atomic E-state index is 12.0. The molecule has 1 heterocycles. The van der Waals surface area contributed by atoms with Crippen LogP contribution in [0.2, 0.25) is 0 Å². The van der Waals surface area contributed by atoms with E-state index in [1.807, 2.05) is 18.7 Å². The van der Waals surface area contributed by atoms with Gasteiger partial charge in [-0.1, -0.05) is 0 Å². The van der Waals surface area contributed by atoms with Crippen LogP contribution in [-0.2, 0) is 14.3 Å². The topological polar surface area (TPSA) is 50.8 Å². The van der Waals surface area contributed by atoms with Gasteiger partial charge in [0.2, 0.25) is 0 Å². The molecule has 0 aromatic rings. The van der Waals surface area contributed by atoms with Crippen LogP contribution in [-0.4, -0.2) is 62.4 Å². The van der Waals surface area contributed by atoms with E-state index in [2.05, 4.69) is 5.32 Å². The highest BCUT2D eigenvalue weighted by Crippen LogP contribution is 2.01. The Morgan fingerprint density at radius 2 is 1.76 bits per heavy atom. The third-order valence-electron chi connectivity index (χ3n) is 2.68. The van der Waals surface area contributed by atoms with Crippen LogP contribution in [0.15, 0.2) is 0 Å². The maximum absolute atomic E-state index is 12.0. The smallest absolute Gasteiger partial charge is 0.251 e. The van der Waals surface area contributed by atoms with Crippen LogP contribution in [0.1, 0.15) is 20.8 Å². The van der Waals surface area contributed by atoms with Gasteiger partial charge in [0.1, 0.15) is 6.10 Å². The molecular weight excluding hydrogens is 220 g/mol. The summed E-state index contributed by atoms with van der Waals surface area (Å²) >= 11 is 0. The van der Waals surface area contributed by atoms with E-state index in [-0.39, 0.29) is 18.1 Å². The molecule has 0 saturated carbocycles. The van der Waals surface area contributed by atoms with Gasteiger partial charge in [0.05, 0.1) is 19.3 Å². The van der Waals surface area contributed by atoms with Crippen LogP contribution in [0.3, 0.4) is 0 Å². The quantitative estimate of drug-likeness (QED) is 0.680. The summed E-state index contributed by atoms with van der Waals surface area (Å²) < 4.78 is 10.8. The van der Waals surface area contributed by atoms with Gasteiger partial charge in [-0.2, -0.15) is 0 Å². The summed E-state index contributed by atoms with van der Waals surface area (Å²) in [7, 11) is 0. The minimum Gasteiger partial charge on any atom is -0.376 e. The molecule has 1 saturated heterocycles. The Hall–Kier alpha value is -0.650. The molecule has 0 aliphatic carbocycles. The summed E-state index contributed by atoms with van der Waals surface area (Å²) in [6.45, 7) is 10.1. The van der Waals surface area contributed by atoms with Crippen molar-refractivity contribution in [3.05, 3.63) is 0 Å². The first-order valence-electron chi connectivity index (χ1n) is 6.34. The minimum absolute atomic E-state index is 0.0797. The summed E-state index contributed by atoms with van der Waals surface area (Å²) in [6.07, 6.45) is -0.165. The molecule has 0 radical (unpaired) electrons. The molecule has 1 aliphatic rings. The summed E-state index contributed by atoms with van der Waals surface area (Å²) in [4.78, 5) is 13.8. The molecule has 100 valence electrons. The van der Waals surface area contributed by atoms with Gasteiger partial charge in [0.25, 0.3) is 5.91 Å². The number of ether oxygens (including phenoxy) is 2. The number of piperazine rings is 1. The van der Waals surface area contributed by atoms with Crippen molar-refractivity contribution < 1.29 is 14.3 Å². The molecular formula is C12H24N2O3. The zero-order valence-electron chi connectivity index (χ0n) is 11.1. The Bertz CT molecular complexity index is 228. The molecule has 0 spiro atoms. The van der Waals surface area contributed by atoms with Crippen LogP contribution in [0.5, 0.6) is 0 Å². The molecule has 5 nitrogen and oxygen atoms in total. The lowest BCUT2D eigenvalue weighted by molar-refractivity contribution is -0.144. The lowest BCUT2D eigenvalue weighted by Crippen LogP contribution is -2.49. The van der Waals surface area contributed by atoms with Crippen molar-refractivity contribution in [3.8, 4) is 0 Å². The number of nitrogens with zero attached hydrogens (tertiary/aromatic N) is 1. The van der Waals surface area contributed by atoms with Crippen LogP contribution >= 0.6 is 0 Å². The van der Waals surface area contributed by atoms with Crippen LogP contribution < -0.4 is 5.32 Å². The molecule has 1 N–H and O–H groups in total. The van der Waals surface area contributed by atoms with E-state index in [4.69, 9.17) is 9.47 Å². The SMILES string of the molecule is CC(C)OCCOC(C)C(=O)N1CCNCC1. The fraction of sp³-hybridized carbons (Fsp3) is 0.917. The van der Waals surface area contributed by atoms with E-state index in [1.54, 1.807) is 6.92 Å².